The van der Waals surface area contributed by atoms with E-state index in [0.717, 1.165) is 25.4 Å². The molecular formula is C12H23N. The lowest BCUT2D eigenvalue weighted by Crippen LogP contribution is -2.20. The van der Waals surface area contributed by atoms with Crippen molar-refractivity contribution in [3.63, 3.8) is 0 Å². The SMILES string of the molecule is C=CCCNCC1C(C)(C)C1(C)C. The second-order valence-corrected chi connectivity index (χ2v) is 5.28. The average molecular weight is 181 g/mol. The van der Waals surface area contributed by atoms with Crippen LogP contribution in [0.3, 0.4) is 0 Å². The highest BCUT2D eigenvalue weighted by atomic mass is 14.9. The Balaban J connectivity index is 2.22. The maximum absolute atomic E-state index is 3.71. The minimum atomic E-state index is 0.522. The molecule has 0 heterocycles. The van der Waals surface area contributed by atoms with Crippen LogP contribution in [-0.2, 0) is 0 Å². The summed E-state index contributed by atoms with van der Waals surface area (Å²) in [5.74, 6) is 0.838. The zero-order valence-corrected chi connectivity index (χ0v) is 9.48. The summed E-state index contributed by atoms with van der Waals surface area (Å²) in [6.45, 7) is 15.4. The van der Waals surface area contributed by atoms with Gasteiger partial charge in [0.2, 0.25) is 0 Å². The van der Waals surface area contributed by atoms with E-state index in [1.54, 1.807) is 0 Å². The molecule has 1 nitrogen and oxygen atoms in total. The standard InChI is InChI=1S/C12H23N/c1-6-7-8-13-9-10-11(2,3)12(10,4)5/h6,10,13H,1,7-9H2,2-5H3. The van der Waals surface area contributed by atoms with Gasteiger partial charge in [-0.05, 0) is 36.3 Å². The number of rotatable bonds is 5. The van der Waals surface area contributed by atoms with Gasteiger partial charge < -0.3 is 5.32 Å². The van der Waals surface area contributed by atoms with Gasteiger partial charge in [0.25, 0.3) is 0 Å². The third-order valence-electron chi connectivity index (χ3n) is 4.19. The Kier molecular flexibility index (Phi) is 2.86. The molecule has 0 unspecified atom stereocenters. The van der Waals surface area contributed by atoms with Gasteiger partial charge in [-0.25, -0.2) is 0 Å². The molecule has 0 atom stereocenters. The molecule has 0 radical (unpaired) electrons. The van der Waals surface area contributed by atoms with Crippen molar-refractivity contribution in [2.24, 2.45) is 16.7 Å². The first-order chi connectivity index (χ1) is 5.94. The average Bonchev–Trinajstić information content (AvgIpc) is 2.39. The molecule has 0 amide bonds. The van der Waals surface area contributed by atoms with Gasteiger partial charge in [-0.3, -0.25) is 0 Å². The summed E-state index contributed by atoms with van der Waals surface area (Å²) in [4.78, 5) is 0. The van der Waals surface area contributed by atoms with Gasteiger partial charge >= 0.3 is 0 Å². The molecule has 1 fully saturated rings. The molecule has 1 aliphatic carbocycles. The number of hydrogen-bond donors (Lipinski definition) is 1. The van der Waals surface area contributed by atoms with Crippen LogP contribution in [0.5, 0.6) is 0 Å². The van der Waals surface area contributed by atoms with Crippen LogP contribution in [0.1, 0.15) is 34.1 Å². The van der Waals surface area contributed by atoms with Crippen LogP contribution in [0.15, 0.2) is 12.7 Å². The molecule has 1 rings (SSSR count). The monoisotopic (exact) mass is 181 g/mol. The third kappa shape index (κ3) is 1.80. The Labute approximate surface area is 82.6 Å². The first-order valence-corrected chi connectivity index (χ1v) is 5.26. The van der Waals surface area contributed by atoms with Crippen LogP contribution in [0.2, 0.25) is 0 Å². The van der Waals surface area contributed by atoms with Gasteiger partial charge in [0.1, 0.15) is 0 Å². The van der Waals surface area contributed by atoms with E-state index in [-0.39, 0.29) is 0 Å². The summed E-state index contributed by atoms with van der Waals surface area (Å²) >= 11 is 0. The molecule has 0 aromatic heterocycles. The Bertz CT molecular complexity index is 177. The summed E-state index contributed by atoms with van der Waals surface area (Å²) in [5, 5.41) is 3.49. The largest absolute Gasteiger partial charge is 0.316 e. The van der Waals surface area contributed by atoms with Crippen molar-refractivity contribution in [3.05, 3.63) is 12.7 Å². The molecule has 0 saturated heterocycles. The van der Waals surface area contributed by atoms with E-state index in [0.29, 0.717) is 10.8 Å². The van der Waals surface area contributed by atoms with E-state index < -0.39 is 0 Å². The van der Waals surface area contributed by atoms with Gasteiger partial charge in [0, 0.05) is 0 Å². The molecule has 13 heavy (non-hydrogen) atoms. The van der Waals surface area contributed by atoms with Gasteiger partial charge in [-0.2, -0.15) is 0 Å². The van der Waals surface area contributed by atoms with Crippen molar-refractivity contribution >= 4 is 0 Å². The highest BCUT2D eigenvalue weighted by Crippen LogP contribution is 2.67. The first kappa shape index (κ1) is 10.8. The molecule has 1 saturated carbocycles. The highest BCUT2D eigenvalue weighted by Gasteiger charge is 2.63. The Morgan fingerprint density at radius 1 is 1.23 bits per heavy atom. The van der Waals surface area contributed by atoms with Crippen LogP contribution in [-0.4, -0.2) is 13.1 Å². The van der Waals surface area contributed by atoms with Crippen molar-refractivity contribution in [2.45, 2.75) is 34.1 Å². The fourth-order valence-electron chi connectivity index (χ4n) is 2.29. The van der Waals surface area contributed by atoms with Crippen molar-refractivity contribution in [1.29, 1.82) is 0 Å². The Morgan fingerprint density at radius 3 is 2.15 bits per heavy atom. The summed E-state index contributed by atoms with van der Waals surface area (Å²) in [5.41, 5.74) is 1.04. The fourth-order valence-corrected chi connectivity index (χ4v) is 2.29. The van der Waals surface area contributed by atoms with Crippen LogP contribution in [0.25, 0.3) is 0 Å². The minimum absolute atomic E-state index is 0.522. The molecule has 0 aromatic carbocycles. The number of hydrogen-bond acceptors (Lipinski definition) is 1. The highest BCUT2D eigenvalue weighted by molar-refractivity contribution is 5.12. The predicted octanol–water partition coefficient (Wildman–Crippen LogP) is 2.83. The molecule has 0 aliphatic heterocycles. The molecule has 1 N–H and O–H groups in total. The summed E-state index contributed by atoms with van der Waals surface area (Å²) in [6.07, 6.45) is 3.05. The van der Waals surface area contributed by atoms with E-state index in [4.69, 9.17) is 0 Å². The Hall–Kier alpha value is -0.300. The van der Waals surface area contributed by atoms with Crippen molar-refractivity contribution in [1.82, 2.24) is 5.32 Å². The number of nitrogens with one attached hydrogen (secondary N) is 1. The van der Waals surface area contributed by atoms with Crippen molar-refractivity contribution < 1.29 is 0 Å². The zero-order chi connectivity index (χ0) is 10.1. The summed E-state index contributed by atoms with van der Waals surface area (Å²) in [7, 11) is 0. The van der Waals surface area contributed by atoms with E-state index >= 15 is 0 Å². The maximum atomic E-state index is 3.71. The molecule has 1 heteroatoms. The van der Waals surface area contributed by atoms with Gasteiger partial charge in [-0.15, -0.1) is 6.58 Å². The van der Waals surface area contributed by atoms with Crippen molar-refractivity contribution in [3.8, 4) is 0 Å². The molecule has 0 spiro atoms. The van der Waals surface area contributed by atoms with Crippen LogP contribution >= 0.6 is 0 Å². The topological polar surface area (TPSA) is 12.0 Å². The Morgan fingerprint density at radius 2 is 1.77 bits per heavy atom. The van der Waals surface area contributed by atoms with E-state index in [2.05, 4.69) is 39.6 Å². The lowest BCUT2D eigenvalue weighted by Gasteiger charge is -2.04. The second-order valence-electron chi connectivity index (χ2n) is 5.28. The van der Waals surface area contributed by atoms with Gasteiger partial charge in [-0.1, -0.05) is 33.8 Å². The molecular weight excluding hydrogens is 158 g/mol. The van der Waals surface area contributed by atoms with E-state index in [1.807, 2.05) is 6.08 Å². The lowest BCUT2D eigenvalue weighted by molar-refractivity contribution is 0.457. The minimum Gasteiger partial charge on any atom is -0.316 e. The maximum Gasteiger partial charge on any atom is -0.000976 e. The first-order valence-electron chi connectivity index (χ1n) is 5.26. The van der Waals surface area contributed by atoms with E-state index in [9.17, 15) is 0 Å². The van der Waals surface area contributed by atoms with E-state index in [1.165, 1.54) is 0 Å². The summed E-state index contributed by atoms with van der Waals surface area (Å²) < 4.78 is 0. The summed E-state index contributed by atoms with van der Waals surface area (Å²) in [6, 6.07) is 0. The molecule has 0 bridgehead atoms. The molecule has 1 aliphatic rings. The normalized spacial score (nSPS) is 24.3. The molecule has 76 valence electrons. The fraction of sp³-hybridized carbons (Fsp3) is 0.833. The van der Waals surface area contributed by atoms with Gasteiger partial charge in [0.15, 0.2) is 0 Å². The lowest BCUT2D eigenvalue weighted by atomic mass is 10.0. The van der Waals surface area contributed by atoms with Crippen LogP contribution < -0.4 is 5.32 Å². The van der Waals surface area contributed by atoms with Gasteiger partial charge in [0.05, 0.1) is 0 Å². The second kappa shape index (κ2) is 3.45. The zero-order valence-electron chi connectivity index (χ0n) is 9.48. The quantitative estimate of drug-likeness (QED) is 0.508. The third-order valence-corrected chi connectivity index (χ3v) is 4.19. The van der Waals surface area contributed by atoms with Crippen LogP contribution in [0.4, 0.5) is 0 Å². The van der Waals surface area contributed by atoms with Crippen LogP contribution in [0, 0.1) is 16.7 Å². The van der Waals surface area contributed by atoms with Crippen molar-refractivity contribution in [2.75, 3.05) is 13.1 Å². The molecule has 0 aromatic rings. The smallest absolute Gasteiger partial charge is 0.000976 e. The predicted molar refractivity (Wildman–Crippen MR) is 58.7 cm³/mol.